The molecule has 0 spiro atoms. The van der Waals surface area contributed by atoms with Crippen LogP contribution in [-0.4, -0.2) is 15.6 Å². The third-order valence-corrected chi connectivity index (χ3v) is 3.18. The lowest BCUT2D eigenvalue weighted by atomic mass is 10.0. The van der Waals surface area contributed by atoms with Crippen molar-refractivity contribution in [1.29, 1.82) is 0 Å². The molecule has 0 saturated heterocycles. The van der Waals surface area contributed by atoms with Crippen molar-refractivity contribution in [2.75, 3.05) is 0 Å². The van der Waals surface area contributed by atoms with E-state index >= 15 is 0 Å². The van der Waals surface area contributed by atoms with Crippen molar-refractivity contribution in [2.24, 2.45) is 0 Å². The molecule has 0 aliphatic heterocycles. The van der Waals surface area contributed by atoms with E-state index in [1.54, 1.807) is 17.7 Å². The predicted octanol–water partition coefficient (Wildman–Crippen LogP) is 3.80. The molecule has 19 heavy (non-hydrogen) atoms. The van der Waals surface area contributed by atoms with Crippen molar-refractivity contribution in [3.8, 4) is 0 Å². The van der Waals surface area contributed by atoms with Crippen LogP contribution in [0.5, 0.6) is 0 Å². The van der Waals surface area contributed by atoms with Crippen molar-refractivity contribution < 1.29 is 9.18 Å². The summed E-state index contributed by atoms with van der Waals surface area (Å²) in [5.74, 6) is -0.756. The maximum atomic E-state index is 13.3. The second kappa shape index (κ2) is 5.13. The number of nitrogens with zero attached hydrogens (tertiary/aromatic N) is 2. The second-order valence-electron chi connectivity index (χ2n) is 4.67. The lowest BCUT2D eigenvalue weighted by molar-refractivity contribution is 0.102. The molecule has 1 aromatic heterocycles. The van der Waals surface area contributed by atoms with Crippen molar-refractivity contribution in [1.82, 2.24) is 9.78 Å². The zero-order chi connectivity index (χ0) is 14.2. The number of hydrogen-bond acceptors (Lipinski definition) is 2. The van der Waals surface area contributed by atoms with Crippen LogP contribution >= 0.6 is 11.6 Å². The predicted molar refractivity (Wildman–Crippen MR) is 72.2 cm³/mol. The van der Waals surface area contributed by atoms with Gasteiger partial charge in [0.2, 0.25) is 5.78 Å². The highest BCUT2D eigenvalue weighted by Gasteiger charge is 2.22. The van der Waals surface area contributed by atoms with Gasteiger partial charge in [-0.1, -0.05) is 17.7 Å². The molecule has 0 aliphatic rings. The summed E-state index contributed by atoms with van der Waals surface area (Å²) in [5, 5.41) is 4.36. The SMILES string of the molecule is Cc1ccc(F)cc1C(=O)c1c(Cl)cnn1C(C)C. The van der Waals surface area contributed by atoms with Gasteiger partial charge in [0.05, 0.1) is 11.2 Å². The van der Waals surface area contributed by atoms with E-state index in [2.05, 4.69) is 5.10 Å². The molecule has 100 valence electrons. The van der Waals surface area contributed by atoms with Crippen LogP contribution in [-0.2, 0) is 0 Å². The number of aromatic nitrogens is 2. The summed E-state index contributed by atoms with van der Waals surface area (Å²) >= 11 is 6.03. The fourth-order valence-corrected chi connectivity index (χ4v) is 2.13. The van der Waals surface area contributed by atoms with Gasteiger partial charge in [0, 0.05) is 11.6 Å². The van der Waals surface area contributed by atoms with Crippen molar-refractivity contribution in [3.63, 3.8) is 0 Å². The normalized spacial score (nSPS) is 11.1. The Labute approximate surface area is 116 Å². The minimum absolute atomic E-state index is 0.000292. The highest BCUT2D eigenvalue weighted by Crippen LogP contribution is 2.24. The minimum Gasteiger partial charge on any atom is -0.287 e. The summed E-state index contributed by atoms with van der Waals surface area (Å²) in [6.07, 6.45) is 1.43. The van der Waals surface area contributed by atoms with Gasteiger partial charge in [0.1, 0.15) is 11.5 Å². The quantitative estimate of drug-likeness (QED) is 0.802. The van der Waals surface area contributed by atoms with E-state index in [-0.39, 0.29) is 16.8 Å². The van der Waals surface area contributed by atoms with Crippen LogP contribution in [0.4, 0.5) is 4.39 Å². The Hall–Kier alpha value is -1.68. The Morgan fingerprint density at radius 2 is 2.11 bits per heavy atom. The molecule has 5 heteroatoms. The topological polar surface area (TPSA) is 34.9 Å². The van der Waals surface area contributed by atoms with E-state index < -0.39 is 5.82 Å². The molecular weight excluding hydrogens is 267 g/mol. The Morgan fingerprint density at radius 3 is 2.74 bits per heavy atom. The summed E-state index contributed by atoms with van der Waals surface area (Å²) in [6, 6.07) is 4.13. The molecule has 1 heterocycles. The monoisotopic (exact) mass is 280 g/mol. The van der Waals surface area contributed by atoms with Crippen LogP contribution in [0.1, 0.15) is 41.5 Å². The van der Waals surface area contributed by atoms with Crippen LogP contribution in [0.2, 0.25) is 5.02 Å². The van der Waals surface area contributed by atoms with E-state index in [0.717, 1.165) is 0 Å². The summed E-state index contributed by atoms with van der Waals surface area (Å²) in [5.41, 5.74) is 1.31. The number of carbonyl (C=O) groups is 1. The Kier molecular flexibility index (Phi) is 3.71. The van der Waals surface area contributed by atoms with E-state index in [0.29, 0.717) is 16.8 Å². The lowest BCUT2D eigenvalue weighted by Crippen LogP contribution is -2.15. The first-order valence-corrected chi connectivity index (χ1v) is 6.33. The maximum Gasteiger partial charge on any atom is 0.212 e. The molecule has 0 bridgehead atoms. The van der Waals surface area contributed by atoms with Gasteiger partial charge >= 0.3 is 0 Å². The van der Waals surface area contributed by atoms with E-state index in [1.807, 2.05) is 13.8 Å². The van der Waals surface area contributed by atoms with Crippen molar-refractivity contribution in [2.45, 2.75) is 26.8 Å². The van der Waals surface area contributed by atoms with Gasteiger partial charge in [-0.2, -0.15) is 5.10 Å². The molecule has 2 rings (SSSR count). The molecular formula is C14H14ClFN2O. The molecule has 0 radical (unpaired) electrons. The van der Waals surface area contributed by atoms with Crippen LogP contribution in [0.3, 0.4) is 0 Å². The van der Waals surface area contributed by atoms with Gasteiger partial charge in [-0.25, -0.2) is 4.39 Å². The summed E-state index contributed by atoms with van der Waals surface area (Å²) in [6.45, 7) is 5.56. The zero-order valence-electron chi connectivity index (χ0n) is 10.9. The van der Waals surface area contributed by atoms with Gasteiger partial charge in [-0.15, -0.1) is 0 Å². The van der Waals surface area contributed by atoms with E-state index in [1.165, 1.54) is 18.3 Å². The Balaban J connectivity index is 2.56. The average molecular weight is 281 g/mol. The maximum absolute atomic E-state index is 13.3. The number of ketones is 1. The lowest BCUT2D eigenvalue weighted by Gasteiger charge is -2.11. The number of hydrogen-bond donors (Lipinski definition) is 0. The molecule has 0 amide bonds. The van der Waals surface area contributed by atoms with Gasteiger partial charge in [-0.3, -0.25) is 9.48 Å². The van der Waals surface area contributed by atoms with Crippen molar-refractivity contribution in [3.05, 3.63) is 52.1 Å². The molecule has 0 N–H and O–H groups in total. The number of rotatable bonds is 3. The molecule has 0 saturated carbocycles. The van der Waals surface area contributed by atoms with Gasteiger partial charge < -0.3 is 0 Å². The Bertz CT molecular complexity index is 634. The number of carbonyl (C=O) groups excluding carboxylic acids is 1. The first-order valence-electron chi connectivity index (χ1n) is 5.95. The van der Waals surface area contributed by atoms with Gasteiger partial charge in [0.25, 0.3) is 0 Å². The van der Waals surface area contributed by atoms with Crippen LogP contribution < -0.4 is 0 Å². The minimum atomic E-state index is -0.444. The molecule has 0 fully saturated rings. The largest absolute Gasteiger partial charge is 0.287 e. The summed E-state index contributed by atoms with van der Waals surface area (Å²) in [4.78, 5) is 12.5. The zero-order valence-corrected chi connectivity index (χ0v) is 11.7. The molecule has 2 aromatic rings. The highest BCUT2D eigenvalue weighted by atomic mass is 35.5. The molecule has 1 aromatic carbocycles. The van der Waals surface area contributed by atoms with Crippen LogP contribution in [0.15, 0.2) is 24.4 Å². The standard InChI is InChI=1S/C14H14ClFN2O/c1-8(2)18-13(12(15)7-17-18)14(19)11-6-10(16)5-4-9(11)3/h4-8H,1-3H3. The van der Waals surface area contributed by atoms with Gasteiger partial charge in [-0.05, 0) is 38.5 Å². The fourth-order valence-electron chi connectivity index (χ4n) is 1.91. The first-order chi connectivity index (χ1) is 8.91. The smallest absolute Gasteiger partial charge is 0.212 e. The first kappa shape index (κ1) is 13.7. The van der Waals surface area contributed by atoms with Crippen LogP contribution in [0.25, 0.3) is 0 Å². The number of halogens is 2. The van der Waals surface area contributed by atoms with E-state index in [9.17, 15) is 9.18 Å². The molecule has 0 atom stereocenters. The summed E-state index contributed by atoms with van der Waals surface area (Å²) < 4.78 is 14.9. The number of benzene rings is 1. The second-order valence-corrected chi connectivity index (χ2v) is 5.07. The highest BCUT2D eigenvalue weighted by molar-refractivity contribution is 6.34. The Morgan fingerprint density at radius 1 is 1.42 bits per heavy atom. The van der Waals surface area contributed by atoms with E-state index in [4.69, 9.17) is 11.6 Å². The number of aryl methyl sites for hydroxylation is 1. The molecule has 3 nitrogen and oxygen atoms in total. The third kappa shape index (κ3) is 2.54. The van der Waals surface area contributed by atoms with Gasteiger partial charge in [0.15, 0.2) is 0 Å². The average Bonchev–Trinajstić information content (AvgIpc) is 2.73. The van der Waals surface area contributed by atoms with Crippen molar-refractivity contribution >= 4 is 17.4 Å². The summed E-state index contributed by atoms with van der Waals surface area (Å²) in [7, 11) is 0. The third-order valence-electron chi connectivity index (χ3n) is 2.90. The fraction of sp³-hybridized carbons (Fsp3) is 0.286. The molecule has 0 aliphatic carbocycles. The van der Waals surface area contributed by atoms with Crippen LogP contribution in [0, 0.1) is 12.7 Å². The molecule has 0 unspecified atom stereocenters.